The summed E-state index contributed by atoms with van der Waals surface area (Å²) in [6.07, 6.45) is 2.18. The number of thiophene rings is 1. The fourth-order valence-corrected chi connectivity index (χ4v) is 3.59. The molecule has 1 saturated heterocycles. The van der Waals surface area contributed by atoms with Crippen LogP contribution in [-0.4, -0.2) is 13.2 Å². The number of fused-ring (bicyclic) bond motifs is 1. The molecule has 0 spiro atoms. The largest absolute Gasteiger partial charge is 0.381 e. The van der Waals surface area contributed by atoms with Crippen molar-refractivity contribution < 1.29 is 4.74 Å². The molecule has 0 aliphatic carbocycles. The van der Waals surface area contributed by atoms with E-state index in [0.29, 0.717) is 5.92 Å². The van der Waals surface area contributed by atoms with E-state index >= 15 is 0 Å². The SMILES string of the molecule is Cl.N[C@@H](c1csc2ccccc12)C1CCOCC1. The zero-order valence-corrected chi connectivity index (χ0v) is 11.8. The van der Waals surface area contributed by atoms with Crippen molar-refractivity contribution in [2.75, 3.05) is 13.2 Å². The summed E-state index contributed by atoms with van der Waals surface area (Å²) in [7, 11) is 0. The first-order chi connectivity index (χ1) is 8.36. The van der Waals surface area contributed by atoms with E-state index in [1.807, 2.05) is 0 Å². The van der Waals surface area contributed by atoms with Crippen LogP contribution in [-0.2, 0) is 4.74 Å². The van der Waals surface area contributed by atoms with Crippen LogP contribution in [0.2, 0.25) is 0 Å². The molecule has 0 radical (unpaired) electrons. The van der Waals surface area contributed by atoms with Crippen molar-refractivity contribution in [3.63, 3.8) is 0 Å². The zero-order valence-electron chi connectivity index (χ0n) is 10.2. The Hall–Kier alpha value is -0.610. The summed E-state index contributed by atoms with van der Waals surface area (Å²) in [4.78, 5) is 0. The normalized spacial score (nSPS) is 18.5. The number of hydrogen-bond donors (Lipinski definition) is 1. The smallest absolute Gasteiger partial charge is 0.0469 e. The maximum Gasteiger partial charge on any atom is 0.0469 e. The molecule has 1 aromatic heterocycles. The molecule has 2 aromatic rings. The molecule has 0 bridgehead atoms. The van der Waals surface area contributed by atoms with Crippen molar-refractivity contribution in [3.05, 3.63) is 35.2 Å². The monoisotopic (exact) mass is 283 g/mol. The second kappa shape index (κ2) is 6.02. The van der Waals surface area contributed by atoms with Crippen LogP contribution < -0.4 is 5.73 Å². The van der Waals surface area contributed by atoms with E-state index in [0.717, 1.165) is 26.1 Å². The van der Waals surface area contributed by atoms with E-state index in [1.54, 1.807) is 11.3 Å². The van der Waals surface area contributed by atoms with Crippen molar-refractivity contribution in [1.82, 2.24) is 0 Å². The number of rotatable bonds is 2. The average Bonchev–Trinajstić information content (AvgIpc) is 2.83. The van der Waals surface area contributed by atoms with Gasteiger partial charge in [-0.1, -0.05) is 18.2 Å². The molecule has 0 amide bonds. The summed E-state index contributed by atoms with van der Waals surface area (Å²) in [6, 6.07) is 8.69. The van der Waals surface area contributed by atoms with E-state index < -0.39 is 0 Å². The maximum atomic E-state index is 6.43. The van der Waals surface area contributed by atoms with Gasteiger partial charge in [-0.05, 0) is 41.2 Å². The van der Waals surface area contributed by atoms with Crippen LogP contribution in [0.25, 0.3) is 10.1 Å². The Balaban J connectivity index is 0.00000120. The molecular weight excluding hydrogens is 266 g/mol. The Bertz CT molecular complexity index is 507. The van der Waals surface area contributed by atoms with Crippen molar-refractivity contribution in [2.24, 2.45) is 11.7 Å². The first-order valence-electron chi connectivity index (χ1n) is 6.16. The summed E-state index contributed by atoms with van der Waals surface area (Å²) in [5.74, 6) is 0.571. The van der Waals surface area contributed by atoms with E-state index in [2.05, 4.69) is 29.6 Å². The van der Waals surface area contributed by atoms with Gasteiger partial charge in [-0.15, -0.1) is 23.7 Å². The lowest BCUT2D eigenvalue weighted by molar-refractivity contribution is 0.0585. The second-order valence-corrected chi connectivity index (χ2v) is 5.57. The molecule has 1 aliphatic heterocycles. The summed E-state index contributed by atoms with van der Waals surface area (Å²) >= 11 is 1.80. The third-order valence-corrected chi connectivity index (χ3v) is 4.63. The number of ether oxygens (including phenoxy) is 1. The summed E-state index contributed by atoms with van der Waals surface area (Å²) < 4.78 is 6.74. The molecule has 2 nitrogen and oxygen atoms in total. The molecule has 1 atom stereocenters. The molecule has 98 valence electrons. The fourth-order valence-electron chi connectivity index (χ4n) is 2.59. The van der Waals surface area contributed by atoms with Crippen molar-refractivity contribution in [1.29, 1.82) is 0 Å². The van der Waals surface area contributed by atoms with Gasteiger partial charge >= 0.3 is 0 Å². The number of benzene rings is 1. The quantitative estimate of drug-likeness (QED) is 0.911. The van der Waals surface area contributed by atoms with E-state index in [9.17, 15) is 0 Å². The highest BCUT2D eigenvalue weighted by Crippen LogP contribution is 2.35. The topological polar surface area (TPSA) is 35.2 Å². The van der Waals surface area contributed by atoms with Crippen LogP contribution in [0.1, 0.15) is 24.4 Å². The van der Waals surface area contributed by atoms with Gasteiger partial charge in [0.05, 0.1) is 0 Å². The Morgan fingerprint density at radius 2 is 1.94 bits per heavy atom. The number of halogens is 1. The van der Waals surface area contributed by atoms with Crippen LogP contribution in [0.3, 0.4) is 0 Å². The molecule has 0 unspecified atom stereocenters. The van der Waals surface area contributed by atoms with Gasteiger partial charge in [0.25, 0.3) is 0 Å². The van der Waals surface area contributed by atoms with Gasteiger partial charge in [-0.3, -0.25) is 0 Å². The molecule has 18 heavy (non-hydrogen) atoms. The van der Waals surface area contributed by atoms with Crippen LogP contribution in [0.4, 0.5) is 0 Å². The minimum atomic E-state index is 0. The first kappa shape index (κ1) is 13.8. The van der Waals surface area contributed by atoms with Crippen molar-refractivity contribution in [2.45, 2.75) is 18.9 Å². The third-order valence-electron chi connectivity index (χ3n) is 3.64. The zero-order chi connectivity index (χ0) is 11.7. The van der Waals surface area contributed by atoms with Gasteiger partial charge in [-0.2, -0.15) is 0 Å². The molecule has 3 rings (SSSR count). The predicted molar refractivity (Wildman–Crippen MR) is 79.5 cm³/mol. The van der Waals surface area contributed by atoms with Crippen molar-refractivity contribution in [3.8, 4) is 0 Å². The third kappa shape index (κ3) is 2.54. The summed E-state index contributed by atoms with van der Waals surface area (Å²) in [5, 5.41) is 3.56. The second-order valence-electron chi connectivity index (χ2n) is 4.66. The van der Waals surface area contributed by atoms with Crippen molar-refractivity contribution >= 4 is 33.8 Å². The summed E-state index contributed by atoms with van der Waals surface area (Å²) in [6.45, 7) is 1.72. The lowest BCUT2D eigenvalue weighted by Crippen LogP contribution is -2.27. The number of nitrogens with two attached hydrogens (primary N) is 1. The Morgan fingerprint density at radius 1 is 1.22 bits per heavy atom. The van der Waals surface area contributed by atoms with Gasteiger partial charge in [0, 0.05) is 24.0 Å². The predicted octanol–water partition coefficient (Wildman–Crippen LogP) is 3.75. The molecule has 2 heterocycles. The first-order valence-corrected chi connectivity index (χ1v) is 7.03. The minimum absolute atomic E-state index is 0. The summed E-state index contributed by atoms with van der Waals surface area (Å²) in [5.41, 5.74) is 7.75. The molecule has 2 N–H and O–H groups in total. The van der Waals surface area contributed by atoms with E-state index in [-0.39, 0.29) is 18.4 Å². The van der Waals surface area contributed by atoms with Gasteiger partial charge in [0.15, 0.2) is 0 Å². The van der Waals surface area contributed by atoms with Gasteiger partial charge in [-0.25, -0.2) is 0 Å². The Kier molecular flexibility index (Phi) is 4.62. The van der Waals surface area contributed by atoms with Gasteiger partial charge < -0.3 is 10.5 Å². The minimum Gasteiger partial charge on any atom is -0.381 e. The van der Waals surface area contributed by atoms with Crippen LogP contribution in [0, 0.1) is 5.92 Å². The molecule has 1 aromatic carbocycles. The highest BCUT2D eigenvalue weighted by molar-refractivity contribution is 7.17. The molecule has 0 saturated carbocycles. The highest BCUT2D eigenvalue weighted by Gasteiger charge is 2.24. The molecule has 4 heteroatoms. The fraction of sp³-hybridized carbons (Fsp3) is 0.429. The van der Waals surface area contributed by atoms with E-state index in [4.69, 9.17) is 10.5 Å². The lowest BCUT2D eigenvalue weighted by atomic mass is 9.88. The van der Waals surface area contributed by atoms with Crippen LogP contribution in [0.15, 0.2) is 29.6 Å². The van der Waals surface area contributed by atoms with Gasteiger partial charge in [0.1, 0.15) is 0 Å². The number of hydrogen-bond acceptors (Lipinski definition) is 3. The standard InChI is InChI=1S/C14H17NOS.ClH/c15-14(10-5-7-16-8-6-10)12-9-17-13-4-2-1-3-11(12)13;/h1-4,9-10,14H,5-8,15H2;1H/t14-;/m1./s1. The van der Waals surface area contributed by atoms with E-state index in [1.165, 1.54) is 15.6 Å². The maximum absolute atomic E-state index is 6.43. The highest BCUT2D eigenvalue weighted by atomic mass is 35.5. The Morgan fingerprint density at radius 3 is 2.72 bits per heavy atom. The van der Waals surface area contributed by atoms with Crippen LogP contribution >= 0.6 is 23.7 Å². The molecular formula is C14H18ClNOS. The molecule has 1 fully saturated rings. The van der Waals surface area contributed by atoms with Gasteiger partial charge in [0.2, 0.25) is 0 Å². The average molecular weight is 284 g/mol. The molecule has 1 aliphatic rings. The van der Waals surface area contributed by atoms with Crippen LogP contribution in [0.5, 0.6) is 0 Å². The lowest BCUT2D eigenvalue weighted by Gasteiger charge is -2.27. The Labute approximate surface area is 118 Å².